The third kappa shape index (κ3) is 6.50. The highest BCUT2D eigenvalue weighted by molar-refractivity contribution is 7.82. The van der Waals surface area contributed by atoms with Gasteiger partial charge in [0.15, 0.2) is 4.87 Å². The number of amides is 4. The number of nitrogens with one attached hydrogen (secondary N) is 3. The topological polar surface area (TPSA) is 121 Å². The van der Waals surface area contributed by atoms with Crippen molar-refractivity contribution in [1.82, 2.24) is 20.5 Å². The van der Waals surface area contributed by atoms with Gasteiger partial charge in [0.05, 0.1) is 18.2 Å². The number of rotatable bonds is 13. The standard InChI is InChI=1S/C30H36N4O5S/c1-19(2)17-30(40,29(38)31-14-13-20-18-32-25-16-21(39-3)11-12-22(20)25)33-26(35)10-6-7-15-34-27(36)23-8-4-5-9-24(23)28(34)37/h4-5,8-9,11-12,16,18-19,32,40H,6-7,10,13-15,17H2,1-3H3,(H,31,38)(H,33,35)/t30-/m1/s1. The maximum Gasteiger partial charge on any atom is 0.261 e. The Morgan fingerprint density at radius 3 is 2.42 bits per heavy atom. The van der Waals surface area contributed by atoms with Crippen molar-refractivity contribution in [3.8, 4) is 5.75 Å². The third-order valence-corrected chi connectivity index (χ3v) is 7.49. The minimum atomic E-state index is -1.36. The van der Waals surface area contributed by atoms with Crippen LogP contribution in [0.4, 0.5) is 0 Å². The highest BCUT2D eigenvalue weighted by Gasteiger charge is 2.37. The number of nitrogens with zero attached hydrogens (tertiary/aromatic N) is 1. The van der Waals surface area contributed by atoms with Crippen LogP contribution < -0.4 is 15.4 Å². The van der Waals surface area contributed by atoms with Gasteiger partial charge in [-0.2, -0.15) is 0 Å². The lowest BCUT2D eigenvalue weighted by Gasteiger charge is -2.30. The molecule has 4 amide bonds. The Labute approximate surface area is 239 Å². The summed E-state index contributed by atoms with van der Waals surface area (Å²) in [6.07, 6.45) is 3.96. The SMILES string of the molecule is COc1ccc2c(CCNC(=O)[C@](S)(CC(C)C)NC(=O)CCCCN3C(=O)c4ccccc4C3=O)c[nH]c2c1. The van der Waals surface area contributed by atoms with E-state index in [0.29, 0.717) is 43.4 Å². The number of unbranched alkanes of at least 4 members (excludes halogenated alkanes) is 1. The fraction of sp³-hybridized carbons (Fsp3) is 0.400. The van der Waals surface area contributed by atoms with E-state index in [1.807, 2.05) is 38.2 Å². The van der Waals surface area contributed by atoms with E-state index in [2.05, 4.69) is 28.2 Å². The molecule has 1 aliphatic rings. The minimum absolute atomic E-state index is 0.112. The number of aromatic nitrogens is 1. The third-order valence-electron chi connectivity index (χ3n) is 6.99. The van der Waals surface area contributed by atoms with Crippen molar-refractivity contribution >= 4 is 47.2 Å². The van der Waals surface area contributed by atoms with Crippen molar-refractivity contribution in [2.45, 2.75) is 50.8 Å². The van der Waals surface area contributed by atoms with Crippen LogP contribution in [-0.2, 0) is 16.0 Å². The van der Waals surface area contributed by atoms with Crippen LogP contribution >= 0.6 is 12.6 Å². The summed E-state index contributed by atoms with van der Waals surface area (Å²) in [5.74, 6) is -0.395. The van der Waals surface area contributed by atoms with Gasteiger partial charge >= 0.3 is 0 Å². The predicted octanol–water partition coefficient (Wildman–Crippen LogP) is 4.09. The second-order valence-corrected chi connectivity index (χ2v) is 11.3. The number of aromatic amines is 1. The monoisotopic (exact) mass is 564 g/mol. The summed E-state index contributed by atoms with van der Waals surface area (Å²) in [7, 11) is 1.62. The molecule has 1 aliphatic heterocycles. The van der Waals surface area contributed by atoms with Crippen LogP contribution in [0.1, 0.15) is 65.8 Å². The molecule has 0 aliphatic carbocycles. The molecule has 40 heavy (non-hydrogen) atoms. The molecule has 9 nitrogen and oxygen atoms in total. The summed E-state index contributed by atoms with van der Waals surface area (Å²) < 4.78 is 5.27. The highest BCUT2D eigenvalue weighted by Crippen LogP contribution is 2.25. The molecule has 0 spiro atoms. The van der Waals surface area contributed by atoms with E-state index in [-0.39, 0.29) is 42.5 Å². The second kappa shape index (κ2) is 12.6. The Hall–Kier alpha value is -3.79. The van der Waals surface area contributed by atoms with E-state index in [1.54, 1.807) is 31.4 Å². The molecule has 1 atom stereocenters. The summed E-state index contributed by atoms with van der Waals surface area (Å²) in [5.41, 5.74) is 2.84. The number of fused-ring (bicyclic) bond motifs is 2. The summed E-state index contributed by atoms with van der Waals surface area (Å²) in [6.45, 7) is 4.55. The second-order valence-electron chi connectivity index (χ2n) is 10.5. The van der Waals surface area contributed by atoms with Crippen LogP contribution in [0.25, 0.3) is 10.9 Å². The van der Waals surface area contributed by atoms with Crippen LogP contribution in [0.15, 0.2) is 48.7 Å². The zero-order valence-corrected chi connectivity index (χ0v) is 24.0. The molecule has 0 radical (unpaired) electrons. The van der Waals surface area contributed by atoms with Crippen molar-refractivity contribution < 1.29 is 23.9 Å². The van der Waals surface area contributed by atoms with Gasteiger partial charge in [0.1, 0.15) is 5.75 Å². The highest BCUT2D eigenvalue weighted by atomic mass is 32.1. The zero-order chi connectivity index (χ0) is 28.9. The Morgan fingerprint density at radius 2 is 1.77 bits per heavy atom. The van der Waals surface area contributed by atoms with Crippen molar-refractivity contribution in [2.75, 3.05) is 20.2 Å². The molecule has 1 aromatic heterocycles. The zero-order valence-electron chi connectivity index (χ0n) is 23.1. The lowest BCUT2D eigenvalue weighted by atomic mass is 10.0. The quantitative estimate of drug-likeness (QED) is 0.108. The van der Waals surface area contributed by atoms with Gasteiger partial charge in [-0.1, -0.05) is 26.0 Å². The van der Waals surface area contributed by atoms with Crippen LogP contribution in [0.5, 0.6) is 5.75 Å². The Balaban J connectivity index is 1.26. The van der Waals surface area contributed by atoms with Crippen LogP contribution in [0.2, 0.25) is 0 Å². The first-order valence-corrected chi connectivity index (χ1v) is 14.0. The van der Waals surface area contributed by atoms with Gasteiger partial charge in [0.25, 0.3) is 17.7 Å². The molecule has 0 saturated heterocycles. The maximum absolute atomic E-state index is 13.2. The number of ether oxygens (including phenoxy) is 1. The number of carbonyl (C=O) groups excluding carboxylic acids is 4. The molecule has 2 heterocycles. The largest absolute Gasteiger partial charge is 0.497 e. The first kappa shape index (κ1) is 29.2. The van der Waals surface area contributed by atoms with Crippen LogP contribution in [0, 0.1) is 5.92 Å². The van der Waals surface area contributed by atoms with E-state index >= 15 is 0 Å². The van der Waals surface area contributed by atoms with E-state index in [9.17, 15) is 19.2 Å². The number of H-pyrrole nitrogens is 1. The minimum Gasteiger partial charge on any atom is -0.497 e. The number of carbonyl (C=O) groups is 4. The molecule has 0 bridgehead atoms. The molecule has 3 aromatic rings. The van der Waals surface area contributed by atoms with Gasteiger partial charge in [-0.15, -0.1) is 12.6 Å². The molecular formula is C30H36N4O5S. The molecule has 0 saturated carbocycles. The maximum atomic E-state index is 13.2. The van der Waals surface area contributed by atoms with E-state index < -0.39 is 4.87 Å². The molecule has 10 heteroatoms. The molecule has 0 fully saturated rings. The van der Waals surface area contributed by atoms with Gasteiger partial charge in [0.2, 0.25) is 5.91 Å². The number of hydrogen-bond donors (Lipinski definition) is 4. The smallest absolute Gasteiger partial charge is 0.261 e. The van der Waals surface area contributed by atoms with Crippen molar-refractivity contribution in [3.63, 3.8) is 0 Å². The first-order valence-electron chi connectivity index (χ1n) is 13.5. The number of methoxy groups -OCH3 is 1. The summed E-state index contributed by atoms with van der Waals surface area (Å²) in [4.78, 5) is 54.1. The van der Waals surface area contributed by atoms with Crippen molar-refractivity contribution in [2.24, 2.45) is 5.92 Å². The lowest BCUT2D eigenvalue weighted by molar-refractivity contribution is -0.130. The Kier molecular flexibility index (Phi) is 9.19. The molecule has 3 N–H and O–H groups in total. The van der Waals surface area contributed by atoms with Crippen molar-refractivity contribution in [3.05, 3.63) is 65.4 Å². The van der Waals surface area contributed by atoms with Gasteiger partial charge < -0.3 is 20.4 Å². The number of hydrogen-bond acceptors (Lipinski definition) is 6. The average Bonchev–Trinajstić information content (AvgIpc) is 3.43. The van der Waals surface area contributed by atoms with Gasteiger partial charge in [-0.3, -0.25) is 24.1 Å². The Morgan fingerprint density at radius 1 is 1.07 bits per heavy atom. The number of thiol groups is 1. The fourth-order valence-corrected chi connectivity index (χ4v) is 5.61. The molecular weight excluding hydrogens is 528 g/mol. The summed E-state index contributed by atoms with van der Waals surface area (Å²) in [5, 5.41) is 6.81. The average molecular weight is 565 g/mol. The number of benzene rings is 2. The van der Waals surface area contributed by atoms with E-state index in [1.165, 1.54) is 4.90 Å². The normalized spacial score (nSPS) is 14.4. The summed E-state index contributed by atoms with van der Waals surface area (Å²) in [6, 6.07) is 12.6. The molecule has 212 valence electrons. The lowest BCUT2D eigenvalue weighted by Crippen LogP contribution is -2.56. The molecule has 4 rings (SSSR count). The molecule has 0 unspecified atom stereocenters. The Bertz CT molecular complexity index is 1380. The number of imide groups is 1. The van der Waals surface area contributed by atoms with Crippen molar-refractivity contribution in [1.29, 1.82) is 0 Å². The summed E-state index contributed by atoms with van der Waals surface area (Å²) >= 11 is 4.63. The van der Waals surface area contributed by atoms with Crippen LogP contribution in [-0.4, -0.2) is 58.6 Å². The predicted molar refractivity (Wildman–Crippen MR) is 157 cm³/mol. The van der Waals surface area contributed by atoms with Gasteiger partial charge in [-0.05, 0) is 61.4 Å². The van der Waals surface area contributed by atoms with Crippen LogP contribution in [0.3, 0.4) is 0 Å². The van der Waals surface area contributed by atoms with Gasteiger partial charge in [0, 0.05) is 42.7 Å². The van der Waals surface area contributed by atoms with E-state index in [0.717, 1.165) is 22.2 Å². The fourth-order valence-electron chi connectivity index (χ4n) is 5.04. The van der Waals surface area contributed by atoms with E-state index in [4.69, 9.17) is 4.74 Å². The van der Waals surface area contributed by atoms with Gasteiger partial charge in [-0.25, -0.2) is 0 Å². The first-order chi connectivity index (χ1) is 19.1. The molecule has 2 aromatic carbocycles.